The van der Waals surface area contributed by atoms with Crippen LogP contribution in [0.2, 0.25) is 0 Å². The maximum atomic E-state index is 12.5. The van der Waals surface area contributed by atoms with Crippen molar-refractivity contribution in [3.05, 3.63) is 34.4 Å². The fourth-order valence-corrected chi connectivity index (χ4v) is 3.61. The highest BCUT2D eigenvalue weighted by molar-refractivity contribution is 5.99. The summed E-state index contributed by atoms with van der Waals surface area (Å²) in [5, 5.41) is 9.13. The number of carboxylic acid groups (broad SMARTS) is 1. The van der Waals surface area contributed by atoms with E-state index in [0.29, 0.717) is 25.8 Å². The fourth-order valence-electron chi connectivity index (χ4n) is 3.61. The second kappa shape index (κ2) is 7.60. The topological polar surface area (TPSA) is 74.7 Å². The molecule has 1 aliphatic heterocycles. The molecule has 0 spiro atoms. The molecule has 1 atom stereocenters. The number of ketones is 1. The van der Waals surface area contributed by atoms with Gasteiger partial charge >= 0.3 is 5.97 Å². The minimum absolute atomic E-state index is 0.0500. The number of aryl methyl sites for hydroxylation is 3. The first kappa shape index (κ1) is 18.2. The van der Waals surface area contributed by atoms with Crippen molar-refractivity contribution in [2.45, 2.75) is 58.9 Å². The lowest BCUT2D eigenvalue weighted by Gasteiger charge is -2.21. The molecule has 1 aromatic carbocycles. The monoisotopic (exact) mass is 331 g/mol. The van der Waals surface area contributed by atoms with E-state index in [0.717, 1.165) is 28.7 Å². The third kappa shape index (κ3) is 4.02. The normalized spacial score (nSPS) is 17.1. The first-order valence-electron chi connectivity index (χ1n) is 8.44. The molecular weight excluding hydrogens is 306 g/mol. The average Bonchev–Trinajstić information content (AvgIpc) is 2.95. The van der Waals surface area contributed by atoms with E-state index in [1.54, 1.807) is 0 Å². The minimum atomic E-state index is -0.942. The predicted octanol–water partition coefficient (Wildman–Crippen LogP) is 3.04. The van der Waals surface area contributed by atoms with Gasteiger partial charge in [0.05, 0.1) is 0 Å². The van der Waals surface area contributed by atoms with Gasteiger partial charge in [-0.05, 0) is 51.2 Å². The molecule has 1 saturated heterocycles. The minimum Gasteiger partial charge on any atom is -0.480 e. The molecule has 1 N–H and O–H groups in total. The largest absolute Gasteiger partial charge is 0.480 e. The number of nitrogens with zero attached hydrogens (tertiary/aromatic N) is 1. The van der Waals surface area contributed by atoms with Crippen LogP contribution >= 0.6 is 0 Å². The molecule has 1 aromatic rings. The third-order valence-corrected chi connectivity index (χ3v) is 4.61. The fraction of sp³-hybridized carbons (Fsp3) is 0.526. The second-order valence-electron chi connectivity index (χ2n) is 6.63. The van der Waals surface area contributed by atoms with Crippen LogP contribution in [0.4, 0.5) is 0 Å². The van der Waals surface area contributed by atoms with Crippen molar-refractivity contribution >= 4 is 17.7 Å². The summed E-state index contributed by atoms with van der Waals surface area (Å²) in [7, 11) is 0. The zero-order valence-electron chi connectivity index (χ0n) is 14.6. The van der Waals surface area contributed by atoms with Crippen LogP contribution in [0.5, 0.6) is 0 Å². The Kier molecular flexibility index (Phi) is 5.75. The van der Waals surface area contributed by atoms with E-state index in [1.165, 1.54) is 4.90 Å². The van der Waals surface area contributed by atoms with Crippen molar-refractivity contribution in [3.8, 4) is 0 Å². The van der Waals surface area contributed by atoms with E-state index in [1.807, 2.05) is 32.9 Å². The van der Waals surface area contributed by atoms with E-state index >= 15 is 0 Å². The molecule has 1 heterocycles. The van der Waals surface area contributed by atoms with Crippen molar-refractivity contribution in [1.29, 1.82) is 0 Å². The average molecular weight is 331 g/mol. The highest BCUT2D eigenvalue weighted by atomic mass is 16.4. The van der Waals surface area contributed by atoms with Gasteiger partial charge in [0.25, 0.3) is 0 Å². The summed E-state index contributed by atoms with van der Waals surface area (Å²) < 4.78 is 0. The number of amides is 1. The molecule has 1 fully saturated rings. The van der Waals surface area contributed by atoms with Crippen molar-refractivity contribution in [2.24, 2.45) is 0 Å². The molecule has 0 aromatic heterocycles. The molecule has 1 aliphatic rings. The number of carboxylic acids is 1. The number of carbonyl (C=O) groups is 3. The summed E-state index contributed by atoms with van der Waals surface area (Å²) in [6, 6.07) is 3.29. The van der Waals surface area contributed by atoms with Crippen LogP contribution in [0.25, 0.3) is 0 Å². The van der Waals surface area contributed by atoms with Gasteiger partial charge in [-0.15, -0.1) is 0 Å². The van der Waals surface area contributed by atoms with Gasteiger partial charge in [0, 0.05) is 24.9 Å². The van der Waals surface area contributed by atoms with E-state index in [4.69, 9.17) is 5.11 Å². The summed E-state index contributed by atoms with van der Waals surface area (Å²) in [5.41, 5.74) is 3.81. The molecule has 0 radical (unpaired) electrons. The van der Waals surface area contributed by atoms with Gasteiger partial charge in [-0.3, -0.25) is 9.59 Å². The number of benzene rings is 1. The summed E-state index contributed by atoms with van der Waals surface area (Å²) >= 11 is 0. The Morgan fingerprint density at radius 2 is 1.75 bits per heavy atom. The number of aliphatic carboxylic acids is 1. The van der Waals surface area contributed by atoms with Crippen molar-refractivity contribution in [2.75, 3.05) is 6.54 Å². The Bertz CT molecular complexity index is 642. The predicted molar refractivity (Wildman–Crippen MR) is 91.2 cm³/mol. The SMILES string of the molecule is Cc1cc(C)c(C(=O)CCCC(=O)N2CCC[C@H]2C(=O)O)c(C)c1. The van der Waals surface area contributed by atoms with Crippen LogP contribution < -0.4 is 0 Å². The van der Waals surface area contributed by atoms with Crippen LogP contribution in [-0.2, 0) is 9.59 Å². The lowest BCUT2D eigenvalue weighted by atomic mass is 9.94. The number of hydrogen-bond donors (Lipinski definition) is 1. The summed E-state index contributed by atoms with van der Waals surface area (Å²) in [5.74, 6) is -1.05. The van der Waals surface area contributed by atoms with Crippen LogP contribution in [-0.4, -0.2) is 40.3 Å². The van der Waals surface area contributed by atoms with Gasteiger partial charge in [0.1, 0.15) is 6.04 Å². The van der Waals surface area contributed by atoms with Gasteiger partial charge in [0.15, 0.2) is 5.78 Å². The summed E-state index contributed by atoms with van der Waals surface area (Å²) in [6.45, 7) is 6.36. The Labute approximate surface area is 142 Å². The molecule has 130 valence electrons. The number of rotatable bonds is 6. The van der Waals surface area contributed by atoms with Crippen LogP contribution in [0.15, 0.2) is 12.1 Å². The van der Waals surface area contributed by atoms with Crippen molar-refractivity contribution in [1.82, 2.24) is 4.90 Å². The molecule has 2 rings (SSSR count). The highest BCUT2D eigenvalue weighted by Gasteiger charge is 2.33. The van der Waals surface area contributed by atoms with Crippen molar-refractivity contribution in [3.63, 3.8) is 0 Å². The van der Waals surface area contributed by atoms with Crippen LogP contribution in [0.1, 0.15) is 59.2 Å². The van der Waals surface area contributed by atoms with Crippen LogP contribution in [0.3, 0.4) is 0 Å². The number of carbonyl (C=O) groups excluding carboxylic acids is 2. The zero-order chi connectivity index (χ0) is 17.9. The maximum Gasteiger partial charge on any atom is 0.326 e. The molecular formula is C19H25NO4. The Morgan fingerprint density at radius 1 is 1.12 bits per heavy atom. The van der Waals surface area contributed by atoms with Gasteiger partial charge in [-0.25, -0.2) is 4.79 Å². The number of hydrogen-bond acceptors (Lipinski definition) is 3. The van der Waals surface area contributed by atoms with E-state index in [9.17, 15) is 14.4 Å². The first-order chi connectivity index (χ1) is 11.3. The quantitative estimate of drug-likeness (QED) is 0.813. The van der Waals surface area contributed by atoms with Gasteiger partial charge in [-0.1, -0.05) is 17.7 Å². The lowest BCUT2D eigenvalue weighted by Crippen LogP contribution is -2.40. The molecule has 0 unspecified atom stereocenters. The lowest BCUT2D eigenvalue weighted by molar-refractivity contribution is -0.148. The van der Waals surface area contributed by atoms with E-state index < -0.39 is 12.0 Å². The van der Waals surface area contributed by atoms with Gasteiger partial charge in [0.2, 0.25) is 5.91 Å². The van der Waals surface area contributed by atoms with E-state index in [-0.39, 0.29) is 18.1 Å². The Balaban J connectivity index is 1.91. The standard InChI is InChI=1S/C19H25NO4/c1-12-10-13(2)18(14(3)11-12)16(21)7-4-8-17(22)20-9-5-6-15(20)19(23)24/h10-11,15H,4-9H2,1-3H3,(H,23,24)/t15-/m0/s1. The van der Waals surface area contributed by atoms with Gasteiger partial charge in [-0.2, -0.15) is 0 Å². The molecule has 5 nitrogen and oxygen atoms in total. The first-order valence-corrected chi connectivity index (χ1v) is 8.44. The molecule has 24 heavy (non-hydrogen) atoms. The molecule has 0 bridgehead atoms. The molecule has 0 aliphatic carbocycles. The molecule has 0 saturated carbocycles. The maximum absolute atomic E-state index is 12.5. The van der Waals surface area contributed by atoms with Crippen molar-refractivity contribution < 1.29 is 19.5 Å². The van der Waals surface area contributed by atoms with Crippen LogP contribution in [0, 0.1) is 20.8 Å². The smallest absolute Gasteiger partial charge is 0.326 e. The number of Topliss-reactive ketones (excluding diaryl/α,β-unsaturated/α-hetero) is 1. The Morgan fingerprint density at radius 3 is 2.33 bits per heavy atom. The van der Waals surface area contributed by atoms with E-state index in [2.05, 4.69) is 0 Å². The zero-order valence-corrected chi connectivity index (χ0v) is 14.6. The summed E-state index contributed by atoms with van der Waals surface area (Å²) in [4.78, 5) is 37.2. The molecule has 5 heteroatoms. The second-order valence-corrected chi connectivity index (χ2v) is 6.63. The molecule has 1 amide bonds. The Hall–Kier alpha value is -2.17. The third-order valence-electron chi connectivity index (χ3n) is 4.61. The summed E-state index contributed by atoms with van der Waals surface area (Å²) in [6.07, 6.45) is 2.22. The van der Waals surface area contributed by atoms with Gasteiger partial charge < -0.3 is 10.0 Å². The number of likely N-dealkylation sites (tertiary alicyclic amines) is 1. The highest BCUT2D eigenvalue weighted by Crippen LogP contribution is 2.21.